The van der Waals surface area contributed by atoms with E-state index in [4.69, 9.17) is 14.6 Å². The minimum absolute atomic E-state index is 0.0847. The van der Waals surface area contributed by atoms with E-state index in [0.717, 1.165) is 12.8 Å². The smallest absolute Gasteiger partial charge is 0.0911 e. The lowest BCUT2D eigenvalue weighted by atomic mass is 9.91. The van der Waals surface area contributed by atoms with E-state index < -0.39 is 0 Å². The van der Waals surface area contributed by atoms with Crippen molar-refractivity contribution in [1.29, 1.82) is 0 Å². The van der Waals surface area contributed by atoms with Gasteiger partial charge in [0.05, 0.1) is 25.4 Å². The molecule has 1 N–H and O–H groups in total. The molecule has 0 rings (SSSR count). The minimum atomic E-state index is -0.138. The lowest BCUT2D eigenvalue weighted by Gasteiger charge is -2.32. The summed E-state index contributed by atoms with van der Waals surface area (Å²) in [6, 6.07) is 0. The second-order valence-electron chi connectivity index (χ2n) is 4.37. The first kappa shape index (κ1) is 15.9. The van der Waals surface area contributed by atoms with Crippen molar-refractivity contribution >= 4 is 0 Å². The zero-order valence-electron chi connectivity index (χ0n) is 11.1. The topological polar surface area (TPSA) is 38.7 Å². The molecule has 0 heterocycles. The number of aliphatic hydroxyl groups excluding tert-OH is 1. The van der Waals surface area contributed by atoms with Gasteiger partial charge in [0, 0.05) is 7.11 Å². The molecule has 0 aliphatic rings. The molecule has 3 nitrogen and oxygen atoms in total. The highest BCUT2D eigenvalue weighted by atomic mass is 16.5. The van der Waals surface area contributed by atoms with E-state index in [1.54, 1.807) is 7.11 Å². The van der Waals surface area contributed by atoms with Crippen LogP contribution in [-0.2, 0) is 9.47 Å². The lowest BCUT2D eigenvalue weighted by Crippen LogP contribution is -2.37. The Kier molecular flexibility index (Phi) is 9.99. The van der Waals surface area contributed by atoms with Gasteiger partial charge in [0.15, 0.2) is 0 Å². The van der Waals surface area contributed by atoms with Gasteiger partial charge in [-0.2, -0.15) is 0 Å². The van der Waals surface area contributed by atoms with E-state index in [-0.39, 0.29) is 12.2 Å². The lowest BCUT2D eigenvalue weighted by molar-refractivity contribution is -0.0909. The number of aliphatic hydroxyl groups is 1. The predicted molar refractivity (Wildman–Crippen MR) is 66.7 cm³/mol. The van der Waals surface area contributed by atoms with Gasteiger partial charge in [0.25, 0.3) is 0 Å². The van der Waals surface area contributed by atoms with Gasteiger partial charge in [-0.05, 0) is 12.8 Å². The molecule has 0 saturated heterocycles. The first-order chi connectivity index (χ1) is 7.74. The Morgan fingerprint density at radius 1 is 1.06 bits per heavy atom. The zero-order valence-corrected chi connectivity index (χ0v) is 11.1. The van der Waals surface area contributed by atoms with Gasteiger partial charge in [-0.25, -0.2) is 0 Å². The number of rotatable bonds is 11. The number of methoxy groups -OCH3 is 1. The third kappa shape index (κ3) is 6.46. The third-order valence-electron chi connectivity index (χ3n) is 3.01. The molecule has 0 aromatic rings. The maximum Gasteiger partial charge on any atom is 0.0911 e. The van der Waals surface area contributed by atoms with Crippen LogP contribution in [0.25, 0.3) is 0 Å². The molecule has 3 heteroatoms. The summed E-state index contributed by atoms with van der Waals surface area (Å²) in [5.41, 5.74) is -0.138. The standard InChI is InChI=1S/C13H28O3/c1-4-6-8-13(15-3,9-7-5-2)12-16-11-10-14/h14H,4-12H2,1-3H3. The molecule has 0 unspecified atom stereocenters. The fraction of sp³-hybridized carbons (Fsp3) is 1.00. The fourth-order valence-electron chi connectivity index (χ4n) is 1.85. The van der Waals surface area contributed by atoms with Crippen LogP contribution in [-0.4, -0.2) is 37.6 Å². The summed E-state index contributed by atoms with van der Waals surface area (Å²) in [5.74, 6) is 0. The predicted octanol–water partition coefficient (Wildman–Crippen LogP) is 2.76. The first-order valence-electron chi connectivity index (χ1n) is 6.48. The van der Waals surface area contributed by atoms with Crippen LogP contribution in [0.3, 0.4) is 0 Å². The SMILES string of the molecule is CCCCC(CCCC)(COCCO)OC. The molecule has 0 saturated carbocycles. The number of hydrogen-bond donors (Lipinski definition) is 1. The Morgan fingerprint density at radius 3 is 2.00 bits per heavy atom. The van der Waals surface area contributed by atoms with Crippen LogP contribution in [0.5, 0.6) is 0 Å². The van der Waals surface area contributed by atoms with Gasteiger partial charge >= 0.3 is 0 Å². The Hall–Kier alpha value is -0.120. The van der Waals surface area contributed by atoms with Crippen molar-refractivity contribution in [1.82, 2.24) is 0 Å². The quantitative estimate of drug-likeness (QED) is 0.557. The molecule has 0 atom stereocenters. The largest absolute Gasteiger partial charge is 0.394 e. The highest BCUT2D eigenvalue weighted by Crippen LogP contribution is 2.25. The average molecular weight is 232 g/mol. The average Bonchev–Trinajstić information content (AvgIpc) is 2.32. The molecule has 0 aliphatic heterocycles. The van der Waals surface area contributed by atoms with Crippen LogP contribution in [0.2, 0.25) is 0 Å². The van der Waals surface area contributed by atoms with E-state index in [2.05, 4.69) is 13.8 Å². The Bertz CT molecular complexity index is 140. The van der Waals surface area contributed by atoms with Crippen molar-refractivity contribution in [3.63, 3.8) is 0 Å². The van der Waals surface area contributed by atoms with Gasteiger partial charge in [0.2, 0.25) is 0 Å². The molecule has 0 radical (unpaired) electrons. The summed E-state index contributed by atoms with van der Waals surface area (Å²) >= 11 is 0. The van der Waals surface area contributed by atoms with Crippen LogP contribution in [0, 0.1) is 0 Å². The molecular weight excluding hydrogens is 204 g/mol. The molecule has 16 heavy (non-hydrogen) atoms. The highest BCUT2D eigenvalue weighted by Gasteiger charge is 2.28. The molecule has 0 aliphatic carbocycles. The van der Waals surface area contributed by atoms with Crippen molar-refractivity contribution in [2.75, 3.05) is 26.9 Å². The van der Waals surface area contributed by atoms with Crippen molar-refractivity contribution < 1.29 is 14.6 Å². The second-order valence-corrected chi connectivity index (χ2v) is 4.37. The Labute approximate surface area is 100 Å². The van der Waals surface area contributed by atoms with E-state index in [9.17, 15) is 0 Å². The summed E-state index contributed by atoms with van der Waals surface area (Å²) in [6.07, 6.45) is 6.78. The summed E-state index contributed by atoms with van der Waals surface area (Å²) in [4.78, 5) is 0. The first-order valence-corrected chi connectivity index (χ1v) is 6.48. The van der Waals surface area contributed by atoms with E-state index >= 15 is 0 Å². The molecular formula is C13H28O3. The molecule has 0 bridgehead atoms. The van der Waals surface area contributed by atoms with Crippen LogP contribution < -0.4 is 0 Å². The summed E-state index contributed by atoms with van der Waals surface area (Å²) in [5, 5.41) is 8.72. The maximum atomic E-state index is 8.72. The van der Waals surface area contributed by atoms with Crippen molar-refractivity contribution in [2.45, 2.75) is 58.0 Å². The molecule has 0 aromatic heterocycles. The molecule has 0 spiro atoms. The van der Waals surface area contributed by atoms with Gasteiger partial charge in [-0.15, -0.1) is 0 Å². The normalized spacial score (nSPS) is 12.0. The van der Waals surface area contributed by atoms with Crippen molar-refractivity contribution in [3.05, 3.63) is 0 Å². The van der Waals surface area contributed by atoms with Gasteiger partial charge in [-0.1, -0.05) is 39.5 Å². The second kappa shape index (κ2) is 10.1. The van der Waals surface area contributed by atoms with Crippen molar-refractivity contribution in [3.8, 4) is 0 Å². The van der Waals surface area contributed by atoms with E-state index in [1.165, 1.54) is 25.7 Å². The van der Waals surface area contributed by atoms with E-state index in [0.29, 0.717) is 13.2 Å². The fourth-order valence-corrected chi connectivity index (χ4v) is 1.85. The van der Waals surface area contributed by atoms with Crippen LogP contribution in [0.15, 0.2) is 0 Å². The molecule has 0 fully saturated rings. The third-order valence-corrected chi connectivity index (χ3v) is 3.01. The van der Waals surface area contributed by atoms with Crippen LogP contribution in [0.1, 0.15) is 52.4 Å². The Balaban J connectivity index is 4.16. The number of hydrogen-bond acceptors (Lipinski definition) is 3. The summed E-state index contributed by atoms with van der Waals surface area (Å²) < 4.78 is 11.1. The zero-order chi connectivity index (χ0) is 12.3. The summed E-state index contributed by atoms with van der Waals surface area (Å²) in [7, 11) is 1.77. The number of unbranched alkanes of at least 4 members (excludes halogenated alkanes) is 2. The van der Waals surface area contributed by atoms with Gasteiger partial charge < -0.3 is 14.6 Å². The van der Waals surface area contributed by atoms with Gasteiger partial charge in [-0.3, -0.25) is 0 Å². The molecule has 0 amide bonds. The number of ether oxygens (including phenoxy) is 2. The van der Waals surface area contributed by atoms with Gasteiger partial charge in [0.1, 0.15) is 0 Å². The molecule has 98 valence electrons. The highest BCUT2D eigenvalue weighted by molar-refractivity contribution is 4.80. The van der Waals surface area contributed by atoms with Crippen LogP contribution >= 0.6 is 0 Å². The Morgan fingerprint density at radius 2 is 1.62 bits per heavy atom. The van der Waals surface area contributed by atoms with Crippen LogP contribution in [0.4, 0.5) is 0 Å². The maximum absolute atomic E-state index is 8.72. The minimum Gasteiger partial charge on any atom is -0.394 e. The monoisotopic (exact) mass is 232 g/mol. The summed E-state index contributed by atoms with van der Waals surface area (Å²) in [6.45, 7) is 5.47. The van der Waals surface area contributed by atoms with Crippen molar-refractivity contribution in [2.24, 2.45) is 0 Å². The molecule has 0 aromatic carbocycles. The van der Waals surface area contributed by atoms with E-state index in [1.807, 2.05) is 0 Å².